The fourth-order valence-corrected chi connectivity index (χ4v) is 1.98. The molecule has 0 fully saturated rings. The maximum atomic E-state index is 12.2. The predicted octanol–water partition coefficient (Wildman–Crippen LogP) is 2.21. The second-order valence-electron chi connectivity index (χ2n) is 5.25. The highest BCUT2D eigenvalue weighted by Gasteiger charge is 2.06. The van der Waals surface area contributed by atoms with Crippen LogP contribution in [0.3, 0.4) is 0 Å². The Hall–Kier alpha value is -2.17. The summed E-state index contributed by atoms with van der Waals surface area (Å²) in [5.41, 5.74) is 1.77. The van der Waals surface area contributed by atoms with Crippen molar-refractivity contribution in [2.24, 2.45) is 5.92 Å². The molecule has 20 heavy (non-hydrogen) atoms. The van der Waals surface area contributed by atoms with E-state index in [0.717, 1.165) is 11.4 Å². The van der Waals surface area contributed by atoms with E-state index in [4.69, 9.17) is 0 Å². The molecular formula is C15H20N4O. The molecule has 106 valence electrons. The van der Waals surface area contributed by atoms with Gasteiger partial charge >= 0.3 is 0 Å². The van der Waals surface area contributed by atoms with Gasteiger partial charge in [0.2, 0.25) is 0 Å². The number of rotatable bonds is 5. The third-order valence-corrected chi connectivity index (χ3v) is 2.86. The Kier molecular flexibility index (Phi) is 4.50. The van der Waals surface area contributed by atoms with Crippen LogP contribution in [0.1, 0.15) is 25.2 Å². The summed E-state index contributed by atoms with van der Waals surface area (Å²) in [4.78, 5) is 20.7. The summed E-state index contributed by atoms with van der Waals surface area (Å²) in [7, 11) is 0. The number of pyridine rings is 1. The van der Waals surface area contributed by atoms with Crippen LogP contribution in [-0.2, 0) is 13.1 Å². The summed E-state index contributed by atoms with van der Waals surface area (Å²) in [6.07, 6.45) is 3.37. The quantitative estimate of drug-likeness (QED) is 0.906. The van der Waals surface area contributed by atoms with Crippen LogP contribution >= 0.6 is 0 Å². The topological polar surface area (TPSA) is 59.8 Å². The Bertz CT molecular complexity index is 634. The number of aryl methyl sites for hydroxylation is 1. The lowest BCUT2D eigenvalue weighted by Gasteiger charge is -2.10. The highest BCUT2D eigenvalue weighted by molar-refractivity contribution is 5.31. The molecule has 1 N–H and O–H groups in total. The number of aromatic nitrogens is 3. The van der Waals surface area contributed by atoms with E-state index in [9.17, 15) is 4.79 Å². The molecule has 0 unspecified atom stereocenters. The molecule has 0 atom stereocenters. The van der Waals surface area contributed by atoms with Crippen molar-refractivity contribution in [2.45, 2.75) is 33.9 Å². The summed E-state index contributed by atoms with van der Waals surface area (Å²) < 4.78 is 1.68. The van der Waals surface area contributed by atoms with Gasteiger partial charge in [-0.3, -0.25) is 9.78 Å². The van der Waals surface area contributed by atoms with Crippen molar-refractivity contribution in [3.8, 4) is 0 Å². The summed E-state index contributed by atoms with van der Waals surface area (Å²) in [5, 5.41) is 3.06. The fourth-order valence-electron chi connectivity index (χ4n) is 1.98. The molecule has 2 heterocycles. The van der Waals surface area contributed by atoms with E-state index in [0.29, 0.717) is 24.8 Å². The third kappa shape index (κ3) is 3.66. The molecule has 0 saturated carbocycles. The fraction of sp³-hybridized carbons (Fsp3) is 0.400. The number of hydrogen-bond donors (Lipinski definition) is 1. The van der Waals surface area contributed by atoms with Crippen LogP contribution in [-0.4, -0.2) is 14.5 Å². The van der Waals surface area contributed by atoms with E-state index in [1.165, 1.54) is 0 Å². The zero-order chi connectivity index (χ0) is 14.5. The molecule has 0 aromatic carbocycles. The summed E-state index contributed by atoms with van der Waals surface area (Å²) >= 11 is 0. The summed E-state index contributed by atoms with van der Waals surface area (Å²) in [6, 6.07) is 5.82. The molecule has 5 nitrogen and oxygen atoms in total. The lowest BCUT2D eigenvalue weighted by Crippen LogP contribution is -2.26. The molecule has 0 bridgehead atoms. The Morgan fingerprint density at radius 1 is 1.35 bits per heavy atom. The van der Waals surface area contributed by atoms with E-state index in [1.807, 2.05) is 25.1 Å². The Labute approximate surface area is 118 Å². The average Bonchev–Trinajstić information content (AvgIpc) is 2.39. The zero-order valence-corrected chi connectivity index (χ0v) is 12.1. The average molecular weight is 272 g/mol. The summed E-state index contributed by atoms with van der Waals surface area (Å²) in [6.45, 7) is 7.29. The Morgan fingerprint density at radius 3 is 2.85 bits per heavy atom. The molecule has 0 saturated heterocycles. The minimum Gasteiger partial charge on any atom is -0.360 e. The standard InChI is InChI=1S/C15H20N4O/c1-11(2)10-19-8-7-16-14(15(19)20)17-9-13-6-4-5-12(3)18-13/h4-8,11H,9-10H2,1-3H3,(H,16,17). The van der Waals surface area contributed by atoms with Gasteiger partial charge in [-0.25, -0.2) is 4.98 Å². The maximum Gasteiger partial charge on any atom is 0.293 e. The molecule has 5 heteroatoms. The molecule has 0 aliphatic heterocycles. The second kappa shape index (κ2) is 6.32. The number of nitrogens with zero attached hydrogens (tertiary/aromatic N) is 3. The van der Waals surface area contributed by atoms with Crippen LogP contribution in [0.2, 0.25) is 0 Å². The minimum absolute atomic E-state index is 0.0890. The first-order valence-electron chi connectivity index (χ1n) is 6.78. The van der Waals surface area contributed by atoms with E-state index >= 15 is 0 Å². The first kappa shape index (κ1) is 14.2. The van der Waals surface area contributed by atoms with E-state index in [-0.39, 0.29) is 5.56 Å². The normalized spacial score (nSPS) is 10.8. The van der Waals surface area contributed by atoms with Crippen molar-refractivity contribution < 1.29 is 0 Å². The van der Waals surface area contributed by atoms with Gasteiger partial charge in [0.15, 0.2) is 5.82 Å². The van der Waals surface area contributed by atoms with E-state index in [1.54, 1.807) is 17.0 Å². The molecule has 2 rings (SSSR count). The zero-order valence-electron chi connectivity index (χ0n) is 12.1. The van der Waals surface area contributed by atoms with Crippen molar-refractivity contribution in [3.05, 3.63) is 52.3 Å². The van der Waals surface area contributed by atoms with Crippen LogP contribution in [0.15, 0.2) is 35.4 Å². The van der Waals surface area contributed by atoms with Crippen LogP contribution in [0.4, 0.5) is 5.82 Å². The third-order valence-electron chi connectivity index (χ3n) is 2.86. The Morgan fingerprint density at radius 2 is 2.15 bits per heavy atom. The second-order valence-corrected chi connectivity index (χ2v) is 5.25. The molecule has 0 radical (unpaired) electrons. The smallest absolute Gasteiger partial charge is 0.293 e. The summed E-state index contributed by atoms with van der Waals surface area (Å²) in [5.74, 6) is 0.790. The lowest BCUT2D eigenvalue weighted by molar-refractivity contribution is 0.509. The van der Waals surface area contributed by atoms with Gasteiger partial charge in [-0.1, -0.05) is 19.9 Å². The molecule has 0 aliphatic carbocycles. The highest BCUT2D eigenvalue weighted by atomic mass is 16.1. The van der Waals surface area contributed by atoms with E-state index in [2.05, 4.69) is 29.1 Å². The number of nitrogens with one attached hydrogen (secondary N) is 1. The maximum absolute atomic E-state index is 12.2. The van der Waals surface area contributed by atoms with Crippen molar-refractivity contribution in [3.63, 3.8) is 0 Å². The molecule has 2 aromatic heterocycles. The Balaban J connectivity index is 2.12. The first-order chi connectivity index (χ1) is 9.56. The van der Waals surface area contributed by atoms with Gasteiger partial charge < -0.3 is 9.88 Å². The van der Waals surface area contributed by atoms with Gasteiger partial charge in [-0.2, -0.15) is 0 Å². The van der Waals surface area contributed by atoms with Crippen LogP contribution in [0, 0.1) is 12.8 Å². The molecule has 0 spiro atoms. The first-order valence-corrected chi connectivity index (χ1v) is 6.78. The van der Waals surface area contributed by atoms with Crippen LogP contribution in [0.25, 0.3) is 0 Å². The number of hydrogen-bond acceptors (Lipinski definition) is 4. The van der Waals surface area contributed by atoms with Gasteiger partial charge in [-0.05, 0) is 25.0 Å². The van der Waals surface area contributed by atoms with Crippen molar-refractivity contribution in [2.75, 3.05) is 5.32 Å². The molecule has 0 aliphatic rings. The van der Waals surface area contributed by atoms with Gasteiger partial charge in [0.05, 0.1) is 12.2 Å². The number of anilines is 1. The van der Waals surface area contributed by atoms with Crippen molar-refractivity contribution in [1.82, 2.24) is 14.5 Å². The molecule has 2 aromatic rings. The van der Waals surface area contributed by atoms with Crippen LogP contribution in [0.5, 0.6) is 0 Å². The van der Waals surface area contributed by atoms with Gasteiger partial charge in [0, 0.05) is 24.6 Å². The molecule has 0 amide bonds. The SMILES string of the molecule is Cc1cccc(CNc2nccn(CC(C)C)c2=O)n1. The van der Waals surface area contributed by atoms with Gasteiger partial charge in [-0.15, -0.1) is 0 Å². The monoisotopic (exact) mass is 272 g/mol. The predicted molar refractivity (Wildman–Crippen MR) is 79.6 cm³/mol. The largest absolute Gasteiger partial charge is 0.360 e. The lowest BCUT2D eigenvalue weighted by atomic mass is 10.2. The minimum atomic E-state index is -0.0890. The highest BCUT2D eigenvalue weighted by Crippen LogP contribution is 2.02. The van der Waals surface area contributed by atoms with Crippen molar-refractivity contribution >= 4 is 5.82 Å². The van der Waals surface area contributed by atoms with E-state index < -0.39 is 0 Å². The van der Waals surface area contributed by atoms with Gasteiger partial charge in [0.1, 0.15) is 0 Å². The van der Waals surface area contributed by atoms with Crippen LogP contribution < -0.4 is 10.9 Å². The van der Waals surface area contributed by atoms with Crippen molar-refractivity contribution in [1.29, 1.82) is 0 Å². The van der Waals surface area contributed by atoms with Gasteiger partial charge in [0.25, 0.3) is 5.56 Å². The molecular weight excluding hydrogens is 252 g/mol.